The predicted molar refractivity (Wildman–Crippen MR) is 94.2 cm³/mol. The van der Waals surface area contributed by atoms with Crippen LogP contribution in [0, 0.1) is 6.92 Å². The zero-order chi connectivity index (χ0) is 15.9. The molecule has 1 aromatic carbocycles. The molecule has 1 aromatic heterocycles. The highest BCUT2D eigenvalue weighted by Crippen LogP contribution is 2.24. The van der Waals surface area contributed by atoms with Crippen molar-refractivity contribution in [1.82, 2.24) is 4.98 Å². The Morgan fingerprint density at radius 1 is 1.05 bits per heavy atom. The van der Waals surface area contributed by atoms with Gasteiger partial charge >= 0.3 is 0 Å². The lowest BCUT2D eigenvalue weighted by atomic mass is 10.00. The summed E-state index contributed by atoms with van der Waals surface area (Å²) >= 11 is 0. The van der Waals surface area contributed by atoms with Crippen molar-refractivity contribution in [2.75, 3.05) is 18.0 Å². The van der Waals surface area contributed by atoms with Crippen molar-refractivity contribution in [3.63, 3.8) is 0 Å². The second-order valence-electron chi connectivity index (χ2n) is 5.78. The number of pyridine rings is 1. The number of hydrogen-bond acceptors (Lipinski definition) is 3. The molecule has 3 heteroatoms. The molecule has 0 radical (unpaired) electrons. The lowest BCUT2D eigenvalue weighted by molar-refractivity contribution is 0.729. The van der Waals surface area contributed by atoms with Gasteiger partial charge in [0.1, 0.15) is 5.82 Å². The Labute approximate surface area is 134 Å². The Kier molecular flexibility index (Phi) is 5.96. The second-order valence-corrected chi connectivity index (χ2v) is 5.78. The predicted octanol–water partition coefficient (Wildman–Crippen LogP) is 4.06. The van der Waals surface area contributed by atoms with Crippen molar-refractivity contribution >= 4 is 5.82 Å². The summed E-state index contributed by atoms with van der Waals surface area (Å²) in [7, 11) is 0. The van der Waals surface area contributed by atoms with Gasteiger partial charge in [-0.2, -0.15) is 0 Å². The van der Waals surface area contributed by atoms with E-state index in [-0.39, 0.29) is 6.04 Å². The van der Waals surface area contributed by atoms with Crippen molar-refractivity contribution in [3.05, 3.63) is 59.3 Å². The Morgan fingerprint density at radius 2 is 1.68 bits per heavy atom. The van der Waals surface area contributed by atoms with E-state index in [0.717, 1.165) is 42.9 Å². The topological polar surface area (TPSA) is 42.2 Å². The number of anilines is 1. The molecule has 0 aliphatic rings. The summed E-state index contributed by atoms with van der Waals surface area (Å²) in [6, 6.07) is 12.2. The summed E-state index contributed by atoms with van der Waals surface area (Å²) in [5, 5.41) is 0. The Balaban J connectivity index is 2.25. The highest BCUT2D eigenvalue weighted by molar-refractivity contribution is 5.48. The number of aromatic nitrogens is 1. The molecule has 1 atom stereocenters. The standard InChI is InChI=1S/C19H27N3/c1-4-11-22(12-5-2)19-15(3)13-17(14-21-19)18(20)16-9-7-6-8-10-16/h6-10,13-14,18H,4-5,11-12,20H2,1-3H3. The fourth-order valence-electron chi connectivity index (χ4n) is 2.81. The van der Waals surface area contributed by atoms with Crippen LogP contribution in [0.25, 0.3) is 0 Å². The van der Waals surface area contributed by atoms with E-state index >= 15 is 0 Å². The lowest BCUT2D eigenvalue weighted by Crippen LogP contribution is -2.27. The fourth-order valence-corrected chi connectivity index (χ4v) is 2.81. The third-order valence-corrected chi connectivity index (χ3v) is 3.88. The van der Waals surface area contributed by atoms with Gasteiger partial charge in [0.25, 0.3) is 0 Å². The number of aryl methyl sites for hydroxylation is 1. The molecule has 118 valence electrons. The van der Waals surface area contributed by atoms with E-state index in [9.17, 15) is 0 Å². The molecule has 0 aliphatic carbocycles. The van der Waals surface area contributed by atoms with Crippen LogP contribution < -0.4 is 10.6 Å². The van der Waals surface area contributed by atoms with Crippen molar-refractivity contribution in [1.29, 1.82) is 0 Å². The highest BCUT2D eigenvalue weighted by atomic mass is 15.2. The van der Waals surface area contributed by atoms with Crippen LogP contribution in [0.4, 0.5) is 5.82 Å². The van der Waals surface area contributed by atoms with E-state index in [1.165, 1.54) is 5.56 Å². The number of hydrogen-bond donors (Lipinski definition) is 1. The first kappa shape index (κ1) is 16.5. The first-order valence-electron chi connectivity index (χ1n) is 8.19. The quantitative estimate of drug-likeness (QED) is 0.838. The molecule has 0 fully saturated rings. The van der Waals surface area contributed by atoms with E-state index < -0.39 is 0 Å². The minimum Gasteiger partial charge on any atom is -0.356 e. The van der Waals surface area contributed by atoms with Gasteiger partial charge in [-0.1, -0.05) is 44.2 Å². The summed E-state index contributed by atoms with van der Waals surface area (Å²) in [4.78, 5) is 7.08. The van der Waals surface area contributed by atoms with Crippen LogP contribution in [-0.4, -0.2) is 18.1 Å². The van der Waals surface area contributed by atoms with E-state index in [1.54, 1.807) is 0 Å². The van der Waals surface area contributed by atoms with Crippen LogP contribution in [0.5, 0.6) is 0 Å². The van der Waals surface area contributed by atoms with Crippen LogP contribution >= 0.6 is 0 Å². The second kappa shape index (κ2) is 7.95. The smallest absolute Gasteiger partial charge is 0.131 e. The maximum absolute atomic E-state index is 6.38. The molecule has 0 amide bonds. The van der Waals surface area contributed by atoms with Crippen molar-refractivity contribution in [2.45, 2.75) is 39.7 Å². The molecular formula is C19H27N3. The molecule has 1 unspecified atom stereocenters. The molecule has 0 spiro atoms. The first-order chi connectivity index (χ1) is 10.7. The third-order valence-electron chi connectivity index (χ3n) is 3.88. The molecule has 0 aliphatic heterocycles. The molecule has 0 saturated heterocycles. The SMILES string of the molecule is CCCN(CCC)c1ncc(C(N)c2ccccc2)cc1C. The molecule has 22 heavy (non-hydrogen) atoms. The maximum Gasteiger partial charge on any atom is 0.131 e. The van der Waals surface area contributed by atoms with Gasteiger partial charge in [0.05, 0.1) is 6.04 Å². The van der Waals surface area contributed by atoms with Gasteiger partial charge in [0.2, 0.25) is 0 Å². The van der Waals surface area contributed by atoms with Crippen molar-refractivity contribution in [2.24, 2.45) is 5.73 Å². The molecule has 0 saturated carbocycles. The number of nitrogens with two attached hydrogens (primary N) is 1. The van der Waals surface area contributed by atoms with Crippen LogP contribution in [0.2, 0.25) is 0 Å². The molecule has 2 aromatic rings. The average Bonchev–Trinajstić information content (AvgIpc) is 2.55. The van der Waals surface area contributed by atoms with Crippen LogP contribution in [0.1, 0.15) is 49.4 Å². The van der Waals surface area contributed by atoms with Gasteiger partial charge in [-0.25, -0.2) is 4.98 Å². The number of rotatable bonds is 7. The summed E-state index contributed by atoms with van der Waals surface area (Å²) in [5.41, 5.74) is 9.77. The minimum atomic E-state index is -0.118. The van der Waals surface area contributed by atoms with Gasteiger partial charge in [0.15, 0.2) is 0 Å². The van der Waals surface area contributed by atoms with Crippen LogP contribution in [0.3, 0.4) is 0 Å². The van der Waals surface area contributed by atoms with E-state index in [4.69, 9.17) is 10.7 Å². The largest absolute Gasteiger partial charge is 0.356 e. The zero-order valence-corrected chi connectivity index (χ0v) is 13.9. The van der Waals surface area contributed by atoms with Gasteiger partial charge in [0, 0.05) is 19.3 Å². The minimum absolute atomic E-state index is 0.118. The fraction of sp³-hybridized carbons (Fsp3) is 0.421. The molecule has 3 nitrogen and oxygen atoms in total. The third kappa shape index (κ3) is 3.86. The molecule has 2 rings (SSSR count). The van der Waals surface area contributed by atoms with Crippen LogP contribution in [0.15, 0.2) is 42.6 Å². The summed E-state index contributed by atoms with van der Waals surface area (Å²) in [6.45, 7) is 8.63. The van der Waals surface area contributed by atoms with Gasteiger partial charge in [-0.3, -0.25) is 0 Å². The monoisotopic (exact) mass is 297 g/mol. The maximum atomic E-state index is 6.38. The van der Waals surface area contributed by atoms with Gasteiger partial charge in [-0.05, 0) is 42.5 Å². The molecular weight excluding hydrogens is 270 g/mol. The van der Waals surface area contributed by atoms with Crippen molar-refractivity contribution in [3.8, 4) is 0 Å². The number of nitrogens with zero attached hydrogens (tertiary/aromatic N) is 2. The van der Waals surface area contributed by atoms with E-state index in [1.807, 2.05) is 24.4 Å². The highest BCUT2D eigenvalue weighted by Gasteiger charge is 2.14. The Morgan fingerprint density at radius 3 is 2.23 bits per heavy atom. The van der Waals surface area contributed by atoms with Gasteiger partial charge < -0.3 is 10.6 Å². The normalized spacial score (nSPS) is 12.2. The summed E-state index contributed by atoms with van der Waals surface area (Å²) < 4.78 is 0. The average molecular weight is 297 g/mol. The van der Waals surface area contributed by atoms with E-state index in [0.29, 0.717) is 0 Å². The first-order valence-corrected chi connectivity index (χ1v) is 8.19. The summed E-state index contributed by atoms with van der Waals surface area (Å²) in [5.74, 6) is 1.09. The molecule has 0 bridgehead atoms. The lowest BCUT2D eigenvalue weighted by Gasteiger charge is -2.25. The summed E-state index contributed by atoms with van der Waals surface area (Å²) in [6.07, 6.45) is 4.19. The molecule has 2 N–H and O–H groups in total. The van der Waals surface area contributed by atoms with E-state index in [2.05, 4.69) is 43.9 Å². The van der Waals surface area contributed by atoms with Crippen LogP contribution in [-0.2, 0) is 0 Å². The van der Waals surface area contributed by atoms with Gasteiger partial charge in [-0.15, -0.1) is 0 Å². The zero-order valence-electron chi connectivity index (χ0n) is 13.9. The Hall–Kier alpha value is -1.87. The van der Waals surface area contributed by atoms with Crippen molar-refractivity contribution < 1.29 is 0 Å². The molecule has 1 heterocycles. The Bertz CT molecular complexity index is 574. The number of benzene rings is 1.